The minimum atomic E-state index is -1.18. The molecule has 0 aliphatic heterocycles. The molecule has 0 rings (SSSR count). The first kappa shape index (κ1) is 7.94. The average Bonchev–Trinajstić information content (AvgIpc) is 1.65. The van der Waals surface area contributed by atoms with Gasteiger partial charge in [0, 0.05) is 0 Å². The second-order valence-corrected chi connectivity index (χ2v) is 2.09. The van der Waals surface area contributed by atoms with Gasteiger partial charge in [-0.3, -0.25) is 9.59 Å². The highest BCUT2D eigenvalue weighted by Gasteiger charge is 2.25. The van der Waals surface area contributed by atoms with Gasteiger partial charge in [0.15, 0.2) is 5.60 Å². The zero-order chi connectivity index (χ0) is 7.49. The van der Waals surface area contributed by atoms with Crippen LogP contribution in [0, 0.1) is 0 Å². The molecule has 0 bridgehead atoms. The van der Waals surface area contributed by atoms with Crippen molar-refractivity contribution < 1.29 is 14.3 Å². The summed E-state index contributed by atoms with van der Waals surface area (Å²) in [5, 5.41) is 0. The van der Waals surface area contributed by atoms with Gasteiger partial charge in [0.25, 0.3) is 12.4 Å². The summed E-state index contributed by atoms with van der Waals surface area (Å²) >= 11 is 0. The van der Waals surface area contributed by atoms with Crippen LogP contribution in [0.15, 0.2) is 0 Å². The SMILES string of the molecule is CC(C)(OC=O)C(N)=O. The predicted molar refractivity (Wildman–Crippen MR) is 30.4 cm³/mol. The van der Waals surface area contributed by atoms with Gasteiger partial charge in [0.2, 0.25) is 0 Å². The molecule has 0 aromatic carbocycles. The second kappa shape index (κ2) is 2.48. The monoisotopic (exact) mass is 131 g/mol. The van der Waals surface area contributed by atoms with E-state index in [0.717, 1.165) is 0 Å². The zero-order valence-corrected chi connectivity index (χ0v) is 5.38. The van der Waals surface area contributed by atoms with Crippen LogP contribution in [-0.2, 0) is 14.3 Å². The van der Waals surface area contributed by atoms with E-state index in [1.54, 1.807) is 0 Å². The lowest BCUT2D eigenvalue weighted by Crippen LogP contribution is -2.40. The number of amides is 1. The quantitative estimate of drug-likeness (QED) is 0.521. The van der Waals surface area contributed by atoms with E-state index in [9.17, 15) is 9.59 Å². The van der Waals surface area contributed by atoms with Crippen LogP contribution >= 0.6 is 0 Å². The lowest BCUT2D eigenvalue weighted by molar-refractivity contribution is -0.152. The topological polar surface area (TPSA) is 69.4 Å². The van der Waals surface area contributed by atoms with E-state index in [1.165, 1.54) is 13.8 Å². The third-order valence-corrected chi connectivity index (χ3v) is 0.936. The van der Waals surface area contributed by atoms with Crippen LogP contribution in [-0.4, -0.2) is 18.0 Å². The van der Waals surface area contributed by atoms with Crippen LogP contribution in [0.4, 0.5) is 0 Å². The van der Waals surface area contributed by atoms with Gasteiger partial charge in [0.1, 0.15) is 0 Å². The van der Waals surface area contributed by atoms with E-state index in [1.807, 2.05) is 0 Å². The Morgan fingerprint density at radius 3 is 2.22 bits per heavy atom. The first-order chi connectivity index (χ1) is 4.00. The predicted octanol–water partition coefficient (Wildman–Crippen LogP) is -0.577. The normalized spacial score (nSPS) is 10.4. The van der Waals surface area contributed by atoms with Crippen LogP contribution in [0.25, 0.3) is 0 Å². The highest BCUT2D eigenvalue weighted by molar-refractivity contribution is 5.83. The van der Waals surface area contributed by atoms with Gasteiger partial charge < -0.3 is 10.5 Å². The molecule has 0 aromatic rings. The minimum absolute atomic E-state index is 0.199. The highest BCUT2D eigenvalue weighted by atomic mass is 16.5. The maximum atomic E-state index is 10.3. The molecule has 0 saturated heterocycles. The van der Waals surface area contributed by atoms with Gasteiger partial charge in [-0.1, -0.05) is 0 Å². The number of hydrogen-bond acceptors (Lipinski definition) is 3. The molecule has 0 heterocycles. The van der Waals surface area contributed by atoms with E-state index in [4.69, 9.17) is 5.73 Å². The Bertz CT molecular complexity index is 130. The van der Waals surface area contributed by atoms with Crippen molar-refractivity contribution in [3.63, 3.8) is 0 Å². The Hall–Kier alpha value is -1.06. The maximum absolute atomic E-state index is 10.3. The lowest BCUT2D eigenvalue weighted by Gasteiger charge is -2.16. The van der Waals surface area contributed by atoms with Gasteiger partial charge in [-0.2, -0.15) is 0 Å². The third-order valence-electron chi connectivity index (χ3n) is 0.936. The Balaban J connectivity index is 4.00. The molecule has 2 N–H and O–H groups in total. The van der Waals surface area contributed by atoms with Crippen LogP contribution in [0.5, 0.6) is 0 Å². The molecule has 4 heteroatoms. The van der Waals surface area contributed by atoms with E-state index < -0.39 is 11.5 Å². The molecule has 4 nitrogen and oxygen atoms in total. The lowest BCUT2D eigenvalue weighted by atomic mass is 10.1. The summed E-state index contributed by atoms with van der Waals surface area (Å²) in [6.45, 7) is 3.04. The van der Waals surface area contributed by atoms with E-state index in [0.29, 0.717) is 0 Å². The number of hydrogen-bond donors (Lipinski definition) is 1. The van der Waals surface area contributed by atoms with Crippen LogP contribution in [0.2, 0.25) is 0 Å². The molecule has 9 heavy (non-hydrogen) atoms. The van der Waals surface area contributed by atoms with Crippen LogP contribution in [0.3, 0.4) is 0 Å². The number of rotatable bonds is 3. The Morgan fingerprint density at radius 1 is 1.67 bits per heavy atom. The van der Waals surface area contributed by atoms with Gasteiger partial charge in [-0.05, 0) is 13.8 Å². The molecule has 0 fully saturated rings. The molecule has 0 aliphatic carbocycles. The van der Waals surface area contributed by atoms with Crippen molar-refractivity contribution >= 4 is 12.4 Å². The second-order valence-electron chi connectivity index (χ2n) is 2.09. The van der Waals surface area contributed by atoms with Crippen molar-refractivity contribution in [1.82, 2.24) is 0 Å². The zero-order valence-electron chi connectivity index (χ0n) is 5.38. The standard InChI is InChI=1S/C5H9NO3/c1-5(2,4(6)8)9-3-7/h3H,1-2H3,(H2,6,8). The molecule has 52 valence electrons. The number of nitrogens with two attached hydrogens (primary N) is 1. The van der Waals surface area contributed by atoms with E-state index in [-0.39, 0.29) is 6.47 Å². The number of ether oxygens (including phenoxy) is 1. The molecule has 0 unspecified atom stereocenters. The molecule has 0 spiro atoms. The van der Waals surface area contributed by atoms with Crippen LogP contribution < -0.4 is 5.73 Å². The van der Waals surface area contributed by atoms with Gasteiger partial charge in [0.05, 0.1) is 0 Å². The van der Waals surface area contributed by atoms with Crippen molar-refractivity contribution in [3.8, 4) is 0 Å². The van der Waals surface area contributed by atoms with Gasteiger partial charge >= 0.3 is 0 Å². The Labute approximate surface area is 53.0 Å². The molecule has 0 saturated carbocycles. The Kier molecular flexibility index (Phi) is 2.19. The molecule has 0 aromatic heterocycles. The molecule has 0 radical (unpaired) electrons. The molecular formula is C5H9NO3. The summed E-state index contributed by atoms with van der Waals surface area (Å²) in [6, 6.07) is 0. The summed E-state index contributed by atoms with van der Waals surface area (Å²) in [5.41, 5.74) is 3.65. The first-order valence-corrected chi connectivity index (χ1v) is 2.42. The number of carbonyl (C=O) groups is 2. The largest absolute Gasteiger partial charge is 0.452 e. The third kappa shape index (κ3) is 2.12. The average molecular weight is 131 g/mol. The van der Waals surface area contributed by atoms with Crippen molar-refractivity contribution in [1.29, 1.82) is 0 Å². The summed E-state index contributed by atoms with van der Waals surface area (Å²) in [5.74, 6) is -0.658. The van der Waals surface area contributed by atoms with E-state index >= 15 is 0 Å². The van der Waals surface area contributed by atoms with Gasteiger partial charge in [-0.15, -0.1) is 0 Å². The van der Waals surface area contributed by atoms with Crippen molar-refractivity contribution in [2.75, 3.05) is 0 Å². The molecule has 0 aliphatic rings. The summed E-state index contributed by atoms with van der Waals surface area (Å²) < 4.78 is 4.34. The highest BCUT2D eigenvalue weighted by Crippen LogP contribution is 2.04. The molecular weight excluding hydrogens is 122 g/mol. The minimum Gasteiger partial charge on any atom is -0.452 e. The smallest absolute Gasteiger partial charge is 0.294 e. The number of primary amides is 1. The van der Waals surface area contributed by atoms with Gasteiger partial charge in [-0.25, -0.2) is 0 Å². The maximum Gasteiger partial charge on any atom is 0.294 e. The van der Waals surface area contributed by atoms with Crippen molar-refractivity contribution in [2.24, 2.45) is 5.73 Å². The van der Waals surface area contributed by atoms with Crippen LogP contribution in [0.1, 0.15) is 13.8 Å². The Morgan fingerprint density at radius 2 is 2.11 bits per heavy atom. The number of carbonyl (C=O) groups excluding carboxylic acids is 2. The summed E-state index contributed by atoms with van der Waals surface area (Å²) in [4.78, 5) is 20.0. The summed E-state index contributed by atoms with van der Waals surface area (Å²) in [7, 11) is 0. The fraction of sp³-hybridized carbons (Fsp3) is 0.600. The first-order valence-electron chi connectivity index (χ1n) is 2.42. The fourth-order valence-corrected chi connectivity index (χ4v) is 0.178. The van der Waals surface area contributed by atoms with E-state index in [2.05, 4.69) is 4.74 Å². The fourth-order valence-electron chi connectivity index (χ4n) is 0.178. The summed E-state index contributed by atoms with van der Waals surface area (Å²) in [6.07, 6.45) is 0. The molecule has 0 atom stereocenters. The van der Waals surface area contributed by atoms with Crippen molar-refractivity contribution in [2.45, 2.75) is 19.4 Å². The van der Waals surface area contributed by atoms with Crippen molar-refractivity contribution in [3.05, 3.63) is 0 Å². The molecule has 1 amide bonds.